The van der Waals surface area contributed by atoms with Crippen molar-refractivity contribution < 1.29 is 4.79 Å². The fourth-order valence-electron chi connectivity index (χ4n) is 2.62. The average Bonchev–Trinajstić information content (AvgIpc) is 3.11. The fraction of sp³-hybridized carbons (Fsp3) is 0.263. The molecule has 0 aliphatic heterocycles. The number of aromatic nitrogens is 4. The summed E-state index contributed by atoms with van der Waals surface area (Å²) in [6.07, 6.45) is 3.31. The summed E-state index contributed by atoms with van der Waals surface area (Å²) in [6, 6.07) is 9.78. The Labute approximate surface area is 171 Å². The zero-order valence-corrected chi connectivity index (χ0v) is 16.7. The van der Waals surface area contributed by atoms with E-state index in [1.165, 1.54) is 16.8 Å². The Morgan fingerprint density at radius 2 is 1.96 bits per heavy atom. The highest BCUT2D eigenvalue weighted by molar-refractivity contribution is 6.42. The third-order valence-corrected chi connectivity index (χ3v) is 4.99. The van der Waals surface area contributed by atoms with Crippen molar-refractivity contribution >= 4 is 34.9 Å². The van der Waals surface area contributed by atoms with Crippen LogP contribution >= 0.6 is 23.2 Å². The number of carbonyl (C=O) groups excluding carboxylic acids is 1. The number of hydrogen-bond donors (Lipinski definition) is 1. The number of halogens is 2. The molecular formula is C19H19Cl2N5O2. The summed E-state index contributed by atoms with van der Waals surface area (Å²) < 4.78 is 2.91. The summed E-state index contributed by atoms with van der Waals surface area (Å²) in [4.78, 5) is 24.5. The van der Waals surface area contributed by atoms with Crippen molar-refractivity contribution in [3.05, 3.63) is 74.3 Å². The van der Waals surface area contributed by atoms with Crippen LogP contribution in [0.5, 0.6) is 0 Å². The summed E-state index contributed by atoms with van der Waals surface area (Å²) in [6.45, 7) is 2.84. The molecule has 0 aliphatic carbocycles. The molecule has 2 heterocycles. The molecule has 3 rings (SSSR count). The Morgan fingerprint density at radius 1 is 1.14 bits per heavy atom. The topological polar surface area (TPSA) is 81.8 Å². The number of carbonyl (C=O) groups is 1. The molecule has 0 saturated heterocycles. The van der Waals surface area contributed by atoms with E-state index < -0.39 is 5.91 Å². The van der Waals surface area contributed by atoms with Gasteiger partial charge in [0.05, 0.1) is 22.8 Å². The Kier molecular flexibility index (Phi) is 6.49. The second-order valence-corrected chi connectivity index (χ2v) is 6.96. The van der Waals surface area contributed by atoms with E-state index in [1.807, 2.05) is 13.0 Å². The fourth-order valence-corrected chi connectivity index (χ4v) is 3.00. The first kappa shape index (κ1) is 20.1. The molecule has 1 amide bonds. The van der Waals surface area contributed by atoms with Crippen molar-refractivity contribution in [3.8, 4) is 0 Å². The smallest absolute Gasteiger partial charge is 0.277 e. The lowest BCUT2D eigenvalue weighted by atomic mass is 10.2. The third-order valence-electron chi connectivity index (χ3n) is 4.13. The molecule has 1 N–H and O–H groups in total. The van der Waals surface area contributed by atoms with Crippen LogP contribution < -0.4 is 10.9 Å². The molecule has 3 aromatic rings. The number of nitrogens with one attached hydrogen (secondary N) is 1. The van der Waals surface area contributed by atoms with E-state index in [9.17, 15) is 9.59 Å². The van der Waals surface area contributed by atoms with Crippen molar-refractivity contribution in [2.24, 2.45) is 0 Å². The maximum absolute atomic E-state index is 12.6. The number of nitrogens with zero attached hydrogens (tertiary/aromatic N) is 4. The minimum Gasteiger partial charge on any atom is -0.305 e. The molecule has 0 saturated carbocycles. The van der Waals surface area contributed by atoms with Gasteiger partial charge in [0.1, 0.15) is 11.5 Å². The van der Waals surface area contributed by atoms with Gasteiger partial charge in [-0.2, -0.15) is 10.2 Å². The summed E-state index contributed by atoms with van der Waals surface area (Å²) in [7, 11) is 0. The summed E-state index contributed by atoms with van der Waals surface area (Å²) >= 11 is 12.3. The van der Waals surface area contributed by atoms with Crippen LogP contribution in [0.3, 0.4) is 0 Å². The molecule has 9 heteroatoms. The van der Waals surface area contributed by atoms with E-state index >= 15 is 0 Å². The first-order valence-corrected chi connectivity index (χ1v) is 9.59. The monoisotopic (exact) mass is 419 g/mol. The number of rotatable bonds is 7. The second-order valence-electron chi connectivity index (χ2n) is 6.17. The molecule has 7 nitrogen and oxygen atoms in total. The van der Waals surface area contributed by atoms with Gasteiger partial charge in [-0.05, 0) is 24.1 Å². The van der Waals surface area contributed by atoms with Crippen LogP contribution in [0.25, 0.3) is 0 Å². The van der Waals surface area contributed by atoms with Crippen LogP contribution in [-0.4, -0.2) is 25.5 Å². The van der Waals surface area contributed by atoms with E-state index in [-0.39, 0.29) is 11.3 Å². The first-order valence-electron chi connectivity index (χ1n) is 8.84. The second kappa shape index (κ2) is 9.03. The predicted molar refractivity (Wildman–Crippen MR) is 109 cm³/mol. The van der Waals surface area contributed by atoms with Crippen molar-refractivity contribution in [1.29, 1.82) is 0 Å². The maximum atomic E-state index is 12.6. The summed E-state index contributed by atoms with van der Waals surface area (Å²) in [5.41, 5.74) is 0.703. The van der Waals surface area contributed by atoms with E-state index in [1.54, 1.807) is 29.1 Å². The predicted octanol–water partition coefficient (Wildman–Crippen LogP) is 3.85. The average molecular weight is 420 g/mol. The Morgan fingerprint density at radius 3 is 2.75 bits per heavy atom. The molecule has 0 spiro atoms. The minimum atomic E-state index is -0.427. The minimum absolute atomic E-state index is 0.157. The highest BCUT2D eigenvalue weighted by Crippen LogP contribution is 2.26. The van der Waals surface area contributed by atoms with E-state index in [0.717, 1.165) is 18.4 Å². The number of anilines is 1. The van der Waals surface area contributed by atoms with Crippen molar-refractivity contribution in [1.82, 2.24) is 19.6 Å². The lowest BCUT2D eigenvalue weighted by Crippen LogP contribution is -2.26. The van der Waals surface area contributed by atoms with Gasteiger partial charge in [-0.15, -0.1) is 0 Å². The normalized spacial score (nSPS) is 10.8. The van der Waals surface area contributed by atoms with Gasteiger partial charge in [-0.1, -0.05) is 48.7 Å². The van der Waals surface area contributed by atoms with Crippen LogP contribution in [0.15, 0.2) is 47.4 Å². The van der Waals surface area contributed by atoms with Crippen molar-refractivity contribution in [3.63, 3.8) is 0 Å². The van der Waals surface area contributed by atoms with Gasteiger partial charge in [-0.3, -0.25) is 9.59 Å². The summed E-state index contributed by atoms with van der Waals surface area (Å²) in [5, 5.41) is 12.1. The maximum Gasteiger partial charge on any atom is 0.277 e. The lowest BCUT2D eigenvalue weighted by Gasteiger charge is -2.11. The summed E-state index contributed by atoms with van der Waals surface area (Å²) in [5.74, 6) is 0.0540. The van der Waals surface area contributed by atoms with E-state index in [4.69, 9.17) is 23.2 Å². The van der Waals surface area contributed by atoms with Crippen LogP contribution in [-0.2, 0) is 13.1 Å². The highest BCUT2D eigenvalue weighted by Gasteiger charge is 2.14. The number of benzene rings is 1. The lowest BCUT2D eigenvalue weighted by molar-refractivity contribution is 0.101. The van der Waals surface area contributed by atoms with Crippen molar-refractivity contribution in [2.75, 3.05) is 5.32 Å². The first-order chi connectivity index (χ1) is 13.5. The van der Waals surface area contributed by atoms with Crippen LogP contribution in [0.4, 0.5) is 5.82 Å². The highest BCUT2D eigenvalue weighted by atomic mass is 35.5. The van der Waals surface area contributed by atoms with E-state index in [2.05, 4.69) is 15.5 Å². The Bertz CT molecular complexity index is 1040. The van der Waals surface area contributed by atoms with Gasteiger partial charge >= 0.3 is 0 Å². The molecule has 0 aliphatic rings. The number of unbranched alkanes of at least 4 members (excludes halogenated alkanes) is 1. The van der Waals surface area contributed by atoms with Crippen LogP contribution in [0, 0.1) is 0 Å². The Balaban J connectivity index is 1.78. The standard InChI is InChI=1S/C19H19Cl2N5O2/c1-2-3-11-25-17(27)8-7-15(24-25)19(28)23-16-9-10-22-26(16)12-13-5-4-6-14(20)18(13)21/h4-10H,2-3,11-12H2,1H3,(H,23,28). The third kappa shape index (κ3) is 4.61. The van der Waals surface area contributed by atoms with Gasteiger partial charge in [0.15, 0.2) is 0 Å². The largest absolute Gasteiger partial charge is 0.305 e. The zero-order chi connectivity index (χ0) is 20.1. The molecule has 0 atom stereocenters. The van der Waals surface area contributed by atoms with Crippen molar-refractivity contribution in [2.45, 2.75) is 32.9 Å². The molecule has 146 valence electrons. The van der Waals surface area contributed by atoms with Gasteiger partial charge in [0.25, 0.3) is 11.5 Å². The molecule has 28 heavy (non-hydrogen) atoms. The van der Waals surface area contributed by atoms with Crippen LogP contribution in [0.1, 0.15) is 35.8 Å². The van der Waals surface area contributed by atoms with Crippen LogP contribution in [0.2, 0.25) is 10.0 Å². The van der Waals surface area contributed by atoms with Gasteiger partial charge in [0.2, 0.25) is 0 Å². The van der Waals surface area contributed by atoms with Gasteiger partial charge in [-0.25, -0.2) is 9.36 Å². The molecular weight excluding hydrogens is 401 g/mol. The molecule has 0 radical (unpaired) electrons. The SMILES string of the molecule is CCCCn1nc(C(=O)Nc2ccnn2Cc2cccc(Cl)c2Cl)ccc1=O. The van der Waals surface area contributed by atoms with Gasteiger partial charge < -0.3 is 5.32 Å². The van der Waals surface area contributed by atoms with E-state index in [0.29, 0.717) is 29.0 Å². The Hall–Kier alpha value is -2.64. The number of amides is 1. The van der Waals surface area contributed by atoms with Gasteiger partial charge in [0, 0.05) is 18.7 Å². The number of hydrogen-bond acceptors (Lipinski definition) is 4. The number of aryl methyl sites for hydroxylation is 1. The molecule has 1 aromatic carbocycles. The molecule has 2 aromatic heterocycles. The molecule has 0 bridgehead atoms. The zero-order valence-electron chi connectivity index (χ0n) is 15.2. The molecule has 0 fully saturated rings. The molecule has 0 unspecified atom stereocenters. The quantitative estimate of drug-likeness (QED) is 0.630.